The van der Waals surface area contributed by atoms with E-state index in [0.29, 0.717) is 17.2 Å². The Balaban J connectivity index is 1.93. The number of benzene rings is 3. The fourth-order valence-corrected chi connectivity index (χ4v) is 4.80. The van der Waals surface area contributed by atoms with Crippen LogP contribution in [-0.4, -0.2) is 35.4 Å². The van der Waals surface area contributed by atoms with Crippen molar-refractivity contribution in [2.45, 2.75) is 71.5 Å². The fourth-order valence-electron chi connectivity index (χ4n) is 4.11. The fraction of sp³-hybridized carbons (Fsp3) is 0.375. The van der Waals surface area contributed by atoms with E-state index in [9.17, 15) is 9.59 Å². The molecule has 0 bridgehead atoms. The molecule has 0 radical (unpaired) electrons. The van der Waals surface area contributed by atoms with Crippen molar-refractivity contribution in [2.75, 3.05) is 6.61 Å². The third-order valence-corrected chi connectivity index (χ3v) is 7.71. The van der Waals surface area contributed by atoms with Crippen molar-refractivity contribution in [1.82, 2.24) is 10.2 Å². The molecule has 208 valence electrons. The van der Waals surface area contributed by atoms with Crippen molar-refractivity contribution < 1.29 is 14.3 Å². The van der Waals surface area contributed by atoms with E-state index in [1.165, 1.54) is 0 Å². The monoisotopic (exact) mass is 612 g/mol. The first-order chi connectivity index (χ1) is 18.5. The average molecular weight is 614 g/mol. The van der Waals surface area contributed by atoms with E-state index in [-0.39, 0.29) is 36.4 Å². The summed E-state index contributed by atoms with van der Waals surface area (Å²) in [6.45, 7) is 10.4. The number of hydrogen-bond acceptors (Lipinski definition) is 3. The normalized spacial score (nSPS) is 12.9. The number of hydrogen-bond donors (Lipinski definition) is 1. The lowest BCUT2D eigenvalue weighted by Gasteiger charge is -2.32. The molecule has 3 aromatic rings. The number of ether oxygens (including phenoxy) is 1. The van der Waals surface area contributed by atoms with Gasteiger partial charge in [-0.2, -0.15) is 0 Å². The lowest BCUT2D eigenvalue weighted by atomic mass is 9.87. The van der Waals surface area contributed by atoms with Gasteiger partial charge in [0.15, 0.2) is 6.61 Å². The van der Waals surface area contributed by atoms with Gasteiger partial charge >= 0.3 is 0 Å². The highest BCUT2D eigenvalue weighted by atomic mass is 79.9. The van der Waals surface area contributed by atoms with Crippen LogP contribution in [-0.2, 0) is 28.0 Å². The van der Waals surface area contributed by atoms with E-state index in [4.69, 9.17) is 16.3 Å². The van der Waals surface area contributed by atoms with Gasteiger partial charge in [0.1, 0.15) is 11.8 Å². The molecule has 0 fully saturated rings. The molecule has 0 saturated carbocycles. The smallest absolute Gasteiger partial charge is 0.261 e. The van der Waals surface area contributed by atoms with Gasteiger partial charge in [-0.1, -0.05) is 93.9 Å². The van der Waals surface area contributed by atoms with Crippen molar-refractivity contribution in [1.29, 1.82) is 0 Å². The molecule has 0 aliphatic heterocycles. The minimum absolute atomic E-state index is 0.0176. The summed E-state index contributed by atoms with van der Waals surface area (Å²) in [5, 5.41) is 3.61. The second-order valence-corrected chi connectivity index (χ2v) is 12.1. The van der Waals surface area contributed by atoms with Crippen LogP contribution in [0.3, 0.4) is 0 Å². The maximum Gasteiger partial charge on any atom is 0.261 e. The first-order valence-electron chi connectivity index (χ1n) is 13.3. The minimum atomic E-state index is -0.750. The Morgan fingerprint density at radius 2 is 1.69 bits per heavy atom. The molecule has 0 aromatic heterocycles. The van der Waals surface area contributed by atoms with Gasteiger partial charge in [-0.3, -0.25) is 9.59 Å². The Labute approximate surface area is 246 Å². The molecule has 0 spiro atoms. The number of nitrogens with one attached hydrogen (secondary N) is 1. The van der Waals surface area contributed by atoms with E-state index in [0.717, 1.165) is 27.6 Å². The molecule has 39 heavy (non-hydrogen) atoms. The van der Waals surface area contributed by atoms with Crippen LogP contribution >= 0.6 is 27.5 Å². The summed E-state index contributed by atoms with van der Waals surface area (Å²) >= 11 is 10.1. The predicted molar refractivity (Wildman–Crippen MR) is 162 cm³/mol. The molecular formula is C32H38BrClN2O3. The van der Waals surface area contributed by atoms with Crippen LogP contribution in [0.4, 0.5) is 0 Å². The Morgan fingerprint density at radius 3 is 2.31 bits per heavy atom. The number of halogens is 2. The summed E-state index contributed by atoms with van der Waals surface area (Å²) in [4.78, 5) is 29.0. The second-order valence-electron chi connectivity index (χ2n) is 10.8. The van der Waals surface area contributed by atoms with E-state index >= 15 is 0 Å². The SMILES string of the molecule is CC[C@H](C)NC(=O)[C@H](Cc1ccccc1)N(Cc1ccccc1Cl)C(=O)COc1ccc(C(C)(C)C)cc1Br. The largest absolute Gasteiger partial charge is 0.483 e. The Bertz CT molecular complexity index is 1260. The lowest BCUT2D eigenvalue weighted by molar-refractivity contribution is -0.143. The highest BCUT2D eigenvalue weighted by Gasteiger charge is 2.31. The van der Waals surface area contributed by atoms with Gasteiger partial charge in [-0.05, 0) is 69.6 Å². The van der Waals surface area contributed by atoms with Gasteiger partial charge in [0.2, 0.25) is 5.91 Å². The van der Waals surface area contributed by atoms with E-state index < -0.39 is 6.04 Å². The first kappa shape index (κ1) is 30.7. The summed E-state index contributed by atoms with van der Waals surface area (Å²) < 4.78 is 6.77. The summed E-state index contributed by atoms with van der Waals surface area (Å²) in [5.74, 6) is 0.0592. The van der Waals surface area contributed by atoms with Gasteiger partial charge in [0.25, 0.3) is 5.91 Å². The number of nitrogens with zero attached hydrogens (tertiary/aromatic N) is 1. The Morgan fingerprint density at radius 1 is 1.03 bits per heavy atom. The number of amides is 2. The van der Waals surface area contributed by atoms with Crippen molar-refractivity contribution in [3.05, 3.63) is 99.0 Å². The van der Waals surface area contributed by atoms with Crippen LogP contribution in [0.1, 0.15) is 57.7 Å². The Kier molecular flexibility index (Phi) is 11.0. The lowest BCUT2D eigenvalue weighted by Crippen LogP contribution is -2.53. The van der Waals surface area contributed by atoms with Gasteiger partial charge in [0, 0.05) is 24.0 Å². The third kappa shape index (κ3) is 8.84. The standard InChI is InChI=1S/C32H38BrClN2O3/c1-6-22(2)35-31(38)28(18-23-12-8-7-9-13-23)36(20-24-14-10-11-15-27(24)34)30(37)21-39-29-17-16-25(19-26(29)33)32(3,4)5/h7-17,19,22,28H,6,18,20-21H2,1-5H3,(H,35,38)/t22-,28-/m0/s1. The van der Waals surface area contributed by atoms with Crippen LogP contribution in [0.5, 0.6) is 5.75 Å². The molecule has 0 unspecified atom stereocenters. The van der Waals surface area contributed by atoms with Gasteiger partial charge in [-0.25, -0.2) is 0 Å². The first-order valence-corrected chi connectivity index (χ1v) is 14.5. The van der Waals surface area contributed by atoms with E-state index in [2.05, 4.69) is 42.0 Å². The molecule has 0 saturated heterocycles. The molecular weight excluding hydrogens is 576 g/mol. The van der Waals surface area contributed by atoms with Crippen LogP contribution < -0.4 is 10.1 Å². The van der Waals surface area contributed by atoms with Gasteiger partial charge in [-0.15, -0.1) is 0 Å². The second kappa shape index (κ2) is 14.0. The van der Waals surface area contributed by atoms with Crippen molar-refractivity contribution in [3.63, 3.8) is 0 Å². The summed E-state index contributed by atoms with van der Waals surface area (Å²) in [5.41, 5.74) is 2.85. The molecule has 3 aromatic carbocycles. The van der Waals surface area contributed by atoms with Crippen molar-refractivity contribution in [2.24, 2.45) is 0 Å². The molecule has 2 amide bonds. The molecule has 0 aliphatic rings. The summed E-state index contributed by atoms with van der Waals surface area (Å²) in [6, 6.07) is 22.2. The van der Waals surface area contributed by atoms with Crippen LogP contribution in [0.2, 0.25) is 5.02 Å². The van der Waals surface area contributed by atoms with Gasteiger partial charge < -0.3 is 15.0 Å². The zero-order valence-corrected chi connectivity index (χ0v) is 25.7. The van der Waals surface area contributed by atoms with Crippen molar-refractivity contribution in [3.8, 4) is 5.75 Å². The van der Waals surface area contributed by atoms with Crippen LogP contribution in [0, 0.1) is 0 Å². The average Bonchev–Trinajstić information content (AvgIpc) is 2.90. The number of rotatable bonds is 11. The zero-order valence-electron chi connectivity index (χ0n) is 23.3. The molecule has 7 heteroatoms. The van der Waals surface area contributed by atoms with E-state index in [1.54, 1.807) is 11.0 Å². The molecule has 0 aliphatic carbocycles. The van der Waals surface area contributed by atoms with Crippen molar-refractivity contribution >= 4 is 39.3 Å². The zero-order chi connectivity index (χ0) is 28.6. The highest BCUT2D eigenvalue weighted by molar-refractivity contribution is 9.10. The molecule has 1 N–H and O–H groups in total. The maximum absolute atomic E-state index is 13.8. The molecule has 2 atom stereocenters. The highest BCUT2D eigenvalue weighted by Crippen LogP contribution is 2.31. The third-order valence-electron chi connectivity index (χ3n) is 6.72. The van der Waals surface area contributed by atoms with Crippen LogP contribution in [0.25, 0.3) is 0 Å². The number of carbonyl (C=O) groups excluding carboxylic acids is 2. The molecule has 5 nitrogen and oxygen atoms in total. The summed E-state index contributed by atoms with van der Waals surface area (Å²) in [7, 11) is 0. The molecule has 0 heterocycles. The maximum atomic E-state index is 13.8. The number of carbonyl (C=O) groups is 2. The summed E-state index contributed by atoms with van der Waals surface area (Å²) in [6.07, 6.45) is 1.15. The predicted octanol–water partition coefficient (Wildman–Crippen LogP) is 7.33. The minimum Gasteiger partial charge on any atom is -0.483 e. The van der Waals surface area contributed by atoms with Crippen LogP contribution in [0.15, 0.2) is 77.3 Å². The molecule has 3 rings (SSSR count). The Hall–Kier alpha value is -2.83. The quantitative estimate of drug-likeness (QED) is 0.246. The topological polar surface area (TPSA) is 58.6 Å². The van der Waals surface area contributed by atoms with Gasteiger partial charge in [0.05, 0.1) is 4.47 Å². The van der Waals surface area contributed by atoms with E-state index in [1.807, 2.05) is 80.6 Å².